The average molecular weight is 272 g/mol. The molecule has 1 saturated heterocycles. The molecule has 20 heavy (non-hydrogen) atoms. The van der Waals surface area contributed by atoms with Crippen LogP contribution in [0, 0.1) is 0 Å². The summed E-state index contributed by atoms with van der Waals surface area (Å²) in [5, 5.41) is 7.60. The zero-order chi connectivity index (χ0) is 13.6. The van der Waals surface area contributed by atoms with Crippen LogP contribution in [0.25, 0.3) is 0 Å². The highest BCUT2D eigenvalue weighted by Crippen LogP contribution is 2.24. The second-order valence-corrected chi connectivity index (χ2v) is 5.03. The van der Waals surface area contributed by atoms with Crippen LogP contribution in [0.2, 0.25) is 0 Å². The third-order valence-corrected chi connectivity index (χ3v) is 3.78. The molecule has 1 aliphatic heterocycles. The summed E-state index contributed by atoms with van der Waals surface area (Å²) in [5.41, 5.74) is 1.34. The van der Waals surface area contributed by atoms with Crippen LogP contribution in [-0.4, -0.2) is 50.8 Å². The van der Waals surface area contributed by atoms with Gasteiger partial charge < -0.3 is 5.32 Å². The van der Waals surface area contributed by atoms with Crippen molar-refractivity contribution in [1.29, 1.82) is 0 Å². The first-order valence-electron chi connectivity index (χ1n) is 7.10. The fourth-order valence-electron chi connectivity index (χ4n) is 2.74. The second-order valence-electron chi connectivity index (χ2n) is 5.03. The van der Waals surface area contributed by atoms with Gasteiger partial charge in [-0.15, -0.1) is 0 Å². The lowest BCUT2D eigenvalue weighted by molar-refractivity contribution is 0.160. The monoisotopic (exact) mass is 272 g/mol. The van der Waals surface area contributed by atoms with Crippen LogP contribution in [0.15, 0.2) is 37.2 Å². The van der Waals surface area contributed by atoms with Crippen molar-refractivity contribution in [3.8, 4) is 0 Å². The lowest BCUT2D eigenvalue weighted by Gasteiger charge is -2.35. The molecule has 1 N–H and O–H groups in total. The van der Waals surface area contributed by atoms with Crippen molar-refractivity contribution in [3.05, 3.63) is 42.7 Å². The summed E-state index contributed by atoms with van der Waals surface area (Å²) in [7, 11) is 0. The van der Waals surface area contributed by atoms with Gasteiger partial charge in [0.25, 0.3) is 0 Å². The number of pyridine rings is 1. The maximum atomic E-state index is 4.19. The van der Waals surface area contributed by atoms with Crippen molar-refractivity contribution in [3.63, 3.8) is 0 Å². The summed E-state index contributed by atoms with van der Waals surface area (Å²) in [5.74, 6) is 0. The third-order valence-electron chi connectivity index (χ3n) is 3.78. The molecule has 0 aromatic carbocycles. The van der Waals surface area contributed by atoms with Crippen LogP contribution in [0.5, 0.6) is 0 Å². The lowest BCUT2D eigenvalue weighted by Crippen LogP contribution is -2.45. The van der Waals surface area contributed by atoms with E-state index in [1.54, 1.807) is 12.7 Å². The maximum absolute atomic E-state index is 4.19. The predicted octanol–water partition coefficient (Wildman–Crippen LogP) is 0.710. The number of nitrogens with zero attached hydrogens (tertiary/aromatic N) is 5. The number of aromatic nitrogens is 4. The lowest BCUT2D eigenvalue weighted by atomic mass is 10.0. The Morgan fingerprint density at radius 3 is 2.65 bits per heavy atom. The van der Waals surface area contributed by atoms with Crippen molar-refractivity contribution in [2.75, 3.05) is 26.2 Å². The van der Waals surface area contributed by atoms with Gasteiger partial charge in [-0.2, -0.15) is 5.10 Å². The topological polar surface area (TPSA) is 58.9 Å². The number of hydrogen-bond donors (Lipinski definition) is 1. The van der Waals surface area contributed by atoms with Crippen LogP contribution in [0.1, 0.15) is 18.0 Å². The smallest absolute Gasteiger partial charge is 0.137 e. The molecule has 6 nitrogen and oxygen atoms in total. The Bertz CT molecular complexity index is 492. The first-order valence-corrected chi connectivity index (χ1v) is 7.10. The minimum Gasteiger partial charge on any atom is -0.314 e. The Kier molecular flexibility index (Phi) is 4.35. The molecule has 0 amide bonds. The first kappa shape index (κ1) is 13.2. The third kappa shape index (κ3) is 3.20. The Morgan fingerprint density at radius 1 is 1.15 bits per heavy atom. The number of piperazine rings is 1. The van der Waals surface area contributed by atoms with E-state index in [0.717, 1.165) is 39.1 Å². The molecule has 0 radical (unpaired) electrons. The van der Waals surface area contributed by atoms with Crippen molar-refractivity contribution in [1.82, 2.24) is 30.0 Å². The molecular formula is C14H20N6. The number of hydrogen-bond acceptors (Lipinski definition) is 5. The van der Waals surface area contributed by atoms with Crippen molar-refractivity contribution in [2.45, 2.75) is 19.0 Å². The standard InChI is InChI=1S/C14H20N6/c1-4-15-5-2-13(1)14(19-9-6-16-7-10-19)3-8-20-12-17-11-18-20/h1-2,4-5,11-12,14,16H,3,6-10H2. The van der Waals surface area contributed by atoms with Crippen molar-refractivity contribution in [2.24, 2.45) is 0 Å². The summed E-state index contributed by atoms with van der Waals surface area (Å²) in [6.07, 6.45) is 8.15. The zero-order valence-corrected chi connectivity index (χ0v) is 11.5. The molecule has 2 aromatic heterocycles. The Labute approximate surface area is 118 Å². The first-order chi connectivity index (χ1) is 9.93. The van der Waals surface area contributed by atoms with Gasteiger partial charge in [0, 0.05) is 51.2 Å². The maximum Gasteiger partial charge on any atom is 0.137 e. The van der Waals surface area contributed by atoms with Crippen LogP contribution in [-0.2, 0) is 6.54 Å². The zero-order valence-electron chi connectivity index (χ0n) is 11.5. The fraction of sp³-hybridized carbons (Fsp3) is 0.500. The molecule has 0 spiro atoms. The number of nitrogens with one attached hydrogen (secondary N) is 1. The van der Waals surface area contributed by atoms with Gasteiger partial charge in [-0.25, -0.2) is 4.98 Å². The molecule has 2 aromatic rings. The second kappa shape index (κ2) is 6.58. The van der Waals surface area contributed by atoms with Gasteiger partial charge >= 0.3 is 0 Å². The predicted molar refractivity (Wildman–Crippen MR) is 76.1 cm³/mol. The van der Waals surface area contributed by atoms with Gasteiger partial charge in [-0.3, -0.25) is 14.6 Å². The van der Waals surface area contributed by atoms with Gasteiger partial charge in [-0.05, 0) is 24.1 Å². The Morgan fingerprint density at radius 2 is 1.95 bits per heavy atom. The van der Waals surface area contributed by atoms with E-state index in [-0.39, 0.29) is 0 Å². The van der Waals surface area contributed by atoms with Crippen LogP contribution in [0.4, 0.5) is 0 Å². The van der Waals surface area contributed by atoms with E-state index in [0.29, 0.717) is 6.04 Å². The van der Waals surface area contributed by atoms with Crippen LogP contribution >= 0.6 is 0 Å². The molecular weight excluding hydrogens is 252 g/mol. The normalized spacial score (nSPS) is 18.0. The summed E-state index contributed by atoms with van der Waals surface area (Å²) >= 11 is 0. The molecule has 1 fully saturated rings. The number of rotatable bonds is 5. The average Bonchev–Trinajstić information content (AvgIpc) is 3.03. The largest absolute Gasteiger partial charge is 0.314 e. The van der Waals surface area contributed by atoms with E-state index < -0.39 is 0 Å². The molecule has 0 bridgehead atoms. The van der Waals surface area contributed by atoms with E-state index in [9.17, 15) is 0 Å². The summed E-state index contributed by atoms with van der Waals surface area (Å²) in [4.78, 5) is 10.7. The SMILES string of the molecule is c1cc(C(CCn2cncn2)N2CCNCC2)ccn1. The molecule has 1 unspecified atom stereocenters. The van der Waals surface area contributed by atoms with Crippen LogP contribution < -0.4 is 5.32 Å². The van der Waals surface area contributed by atoms with Crippen molar-refractivity contribution >= 4 is 0 Å². The van der Waals surface area contributed by atoms with E-state index in [2.05, 4.69) is 37.4 Å². The van der Waals surface area contributed by atoms with Crippen LogP contribution in [0.3, 0.4) is 0 Å². The Hall–Kier alpha value is -1.79. The van der Waals surface area contributed by atoms with E-state index >= 15 is 0 Å². The summed E-state index contributed by atoms with van der Waals surface area (Å²) in [6.45, 7) is 5.18. The van der Waals surface area contributed by atoms with E-state index in [4.69, 9.17) is 0 Å². The van der Waals surface area contributed by atoms with E-state index in [1.807, 2.05) is 17.1 Å². The molecule has 0 aliphatic carbocycles. The number of aryl methyl sites for hydroxylation is 1. The molecule has 0 saturated carbocycles. The van der Waals surface area contributed by atoms with E-state index in [1.165, 1.54) is 5.56 Å². The highest BCUT2D eigenvalue weighted by atomic mass is 15.3. The van der Waals surface area contributed by atoms with Gasteiger partial charge in [0.1, 0.15) is 12.7 Å². The van der Waals surface area contributed by atoms with Gasteiger partial charge in [0.05, 0.1) is 0 Å². The molecule has 3 heterocycles. The van der Waals surface area contributed by atoms with Gasteiger partial charge in [-0.1, -0.05) is 0 Å². The van der Waals surface area contributed by atoms with Crippen molar-refractivity contribution < 1.29 is 0 Å². The quantitative estimate of drug-likeness (QED) is 0.868. The Balaban J connectivity index is 1.72. The summed E-state index contributed by atoms with van der Waals surface area (Å²) in [6, 6.07) is 4.66. The molecule has 6 heteroatoms. The molecule has 1 atom stereocenters. The van der Waals surface area contributed by atoms with Gasteiger partial charge in [0.2, 0.25) is 0 Å². The highest BCUT2D eigenvalue weighted by molar-refractivity contribution is 5.15. The minimum atomic E-state index is 0.421. The van der Waals surface area contributed by atoms with Gasteiger partial charge in [0.15, 0.2) is 0 Å². The highest BCUT2D eigenvalue weighted by Gasteiger charge is 2.21. The molecule has 3 rings (SSSR count). The fourth-order valence-corrected chi connectivity index (χ4v) is 2.74. The molecule has 106 valence electrons. The molecule has 1 aliphatic rings. The summed E-state index contributed by atoms with van der Waals surface area (Å²) < 4.78 is 1.90. The minimum absolute atomic E-state index is 0.421.